The van der Waals surface area contributed by atoms with Gasteiger partial charge in [0.2, 0.25) is 0 Å². The van der Waals surface area contributed by atoms with Gasteiger partial charge in [-0.25, -0.2) is 0 Å². The summed E-state index contributed by atoms with van der Waals surface area (Å²) in [5.41, 5.74) is 2.79. The molecule has 1 aromatic rings. The third-order valence-electron chi connectivity index (χ3n) is 2.89. The SMILES string of the molecule is Cc1cc(C#N)cc(C)c1O[C@H]1CCNC1. The predicted octanol–water partition coefficient (Wildman–Crippen LogP) is 1.92. The molecule has 16 heavy (non-hydrogen) atoms. The van der Waals surface area contributed by atoms with E-state index in [1.54, 1.807) is 0 Å². The van der Waals surface area contributed by atoms with E-state index in [0.29, 0.717) is 5.56 Å². The van der Waals surface area contributed by atoms with Crippen molar-refractivity contribution in [2.75, 3.05) is 13.1 Å². The van der Waals surface area contributed by atoms with E-state index in [2.05, 4.69) is 11.4 Å². The molecule has 1 atom stereocenters. The smallest absolute Gasteiger partial charge is 0.125 e. The quantitative estimate of drug-likeness (QED) is 0.821. The second kappa shape index (κ2) is 4.54. The van der Waals surface area contributed by atoms with Crippen molar-refractivity contribution >= 4 is 0 Å². The number of ether oxygens (including phenoxy) is 1. The van der Waals surface area contributed by atoms with Gasteiger partial charge in [-0.05, 0) is 50.1 Å². The summed E-state index contributed by atoms with van der Waals surface area (Å²) < 4.78 is 5.96. The van der Waals surface area contributed by atoms with Crippen molar-refractivity contribution in [2.45, 2.75) is 26.4 Å². The molecule has 1 fully saturated rings. The molecule has 1 aliphatic heterocycles. The average Bonchev–Trinajstić information content (AvgIpc) is 2.75. The van der Waals surface area contributed by atoms with Crippen molar-refractivity contribution in [3.8, 4) is 11.8 Å². The van der Waals surface area contributed by atoms with E-state index >= 15 is 0 Å². The molecule has 3 heteroatoms. The predicted molar refractivity (Wildman–Crippen MR) is 62.5 cm³/mol. The first-order valence-electron chi connectivity index (χ1n) is 5.59. The number of hydrogen-bond acceptors (Lipinski definition) is 3. The third kappa shape index (κ3) is 2.17. The van der Waals surface area contributed by atoms with Crippen LogP contribution in [-0.4, -0.2) is 19.2 Å². The van der Waals surface area contributed by atoms with Gasteiger partial charge in [-0.3, -0.25) is 0 Å². The fraction of sp³-hybridized carbons (Fsp3) is 0.462. The summed E-state index contributed by atoms with van der Waals surface area (Å²) in [4.78, 5) is 0. The third-order valence-corrected chi connectivity index (χ3v) is 2.89. The van der Waals surface area contributed by atoms with Gasteiger partial charge in [-0.1, -0.05) is 0 Å². The number of benzene rings is 1. The summed E-state index contributed by atoms with van der Waals surface area (Å²) in [5.74, 6) is 0.938. The molecule has 1 saturated heterocycles. The highest BCUT2D eigenvalue weighted by Gasteiger charge is 2.18. The van der Waals surface area contributed by atoms with Crippen molar-refractivity contribution in [1.82, 2.24) is 5.32 Å². The first kappa shape index (κ1) is 11.0. The fourth-order valence-electron chi connectivity index (χ4n) is 2.10. The van der Waals surface area contributed by atoms with Crippen LogP contribution in [0.1, 0.15) is 23.1 Å². The molecule has 1 N–H and O–H groups in total. The normalized spacial score (nSPS) is 19.4. The van der Waals surface area contributed by atoms with Crippen LogP contribution in [0, 0.1) is 25.2 Å². The van der Waals surface area contributed by atoms with Gasteiger partial charge in [0.15, 0.2) is 0 Å². The van der Waals surface area contributed by atoms with Crippen LogP contribution in [0.25, 0.3) is 0 Å². The lowest BCUT2D eigenvalue weighted by atomic mass is 10.1. The van der Waals surface area contributed by atoms with Gasteiger partial charge in [0.05, 0.1) is 11.6 Å². The van der Waals surface area contributed by atoms with Gasteiger partial charge in [0.1, 0.15) is 11.9 Å². The van der Waals surface area contributed by atoms with E-state index in [-0.39, 0.29) is 6.10 Å². The molecule has 84 valence electrons. The second-order valence-electron chi connectivity index (χ2n) is 4.28. The molecule has 0 aliphatic carbocycles. The van der Waals surface area contributed by atoms with Crippen molar-refractivity contribution in [3.05, 3.63) is 28.8 Å². The Morgan fingerprint density at radius 2 is 2.06 bits per heavy atom. The first-order chi connectivity index (χ1) is 7.70. The minimum atomic E-state index is 0.269. The number of hydrogen-bond donors (Lipinski definition) is 1. The molecule has 0 bridgehead atoms. The van der Waals surface area contributed by atoms with Crippen molar-refractivity contribution in [2.24, 2.45) is 0 Å². The lowest BCUT2D eigenvalue weighted by molar-refractivity contribution is 0.220. The van der Waals surface area contributed by atoms with Crippen LogP contribution in [0.5, 0.6) is 5.75 Å². The molecular weight excluding hydrogens is 200 g/mol. The van der Waals surface area contributed by atoms with E-state index < -0.39 is 0 Å². The average molecular weight is 216 g/mol. The Hall–Kier alpha value is -1.53. The number of nitrogens with zero attached hydrogens (tertiary/aromatic N) is 1. The van der Waals surface area contributed by atoms with Gasteiger partial charge in [-0.2, -0.15) is 5.26 Å². The molecule has 0 amide bonds. The summed E-state index contributed by atoms with van der Waals surface area (Å²) in [6.07, 6.45) is 1.32. The molecule has 0 saturated carbocycles. The molecule has 0 radical (unpaired) electrons. The van der Waals surface area contributed by atoms with E-state index in [4.69, 9.17) is 10.00 Å². The summed E-state index contributed by atoms with van der Waals surface area (Å²) in [5, 5.41) is 12.1. The maximum absolute atomic E-state index is 8.86. The van der Waals surface area contributed by atoms with Gasteiger partial charge in [-0.15, -0.1) is 0 Å². The topological polar surface area (TPSA) is 45.0 Å². The Labute approximate surface area is 96.0 Å². The Bertz CT molecular complexity index is 405. The Balaban J connectivity index is 2.23. The largest absolute Gasteiger partial charge is 0.489 e. The van der Waals surface area contributed by atoms with E-state index in [1.165, 1.54) is 0 Å². The highest BCUT2D eigenvalue weighted by molar-refractivity contribution is 5.47. The van der Waals surface area contributed by atoms with Gasteiger partial charge in [0, 0.05) is 6.54 Å². The minimum Gasteiger partial charge on any atom is -0.489 e. The maximum Gasteiger partial charge on any atom is 0.125 e. The van der Waals surface area contributed by atoms with Crippen LogP contribution in [-0.2, 0) is 0 Å². The van der Waals surface area contributed by atoms with Crippen molar-refractivity contribution in [1.29, 1.82) is 5.26 Å². The maximum atomic E-state index is 8.86. The zero-order valence-electron chi connectivity index (χ0n) is 9.71. The molecule has 0 unspecified atom stereocenters. The number of rotatable bonds is 2. The minimum absolute atomic E-state index is 0.269. The zero-order chi connectivity index (χ0) is 11.5. The van der Waals surface area contributed by atoms with Crippen LogP contribution < -0.4 is 10.1 Å². The molecule has 0 spiro atoms. The van der Waals surface area contributed by atoms with Gasteiger partial charge in [0.25, 0.3) is 0 Å². The van der Waals surface area contributed by atoms with E-state index in [9.17, 15) is 0 Å². The lowest BCUT2D eigenvalue weighted by Crippen LogP contribution is -2.20. The van der Waals surface area contributed by atoms with Crippen LogP contribution >= 0.6 is 0 Å². The molecule has 1 aliphatic rings. The summed E-state index contributed by atoms with van der Waals surface area (Å²) in [6, 6.07) is 5.92. The molecule has 1 aromatic carbocycles. The van der Waals surface area contributed by atoms with Crippen LogP contribution in [0.3, 0.4) is 0 Å². The molecular formula is C13H16N2O. The Morgan fingerprint density at radius 1 is 1.38 bits per heavy atom. The van der Waals surface area contributed by atoms with Crippen LogP contribution in [0.2, 0.25) is 0 Å². The summed E-state index contributed by atoms with van der Waals surface area (Å²) in [7, 11) is 0. The summed E-state index contributed by atoms with van der Waals surface area (Å²) >= 11 is 0. The Morgan fingerprint density at radius 3 is 2.56 bits per heavy atom. The van der Waals surface area contributed by atoms with Crippen LogP contribution in [0.15, 0.2) is 12.1 Å². The van der Waals surface area contributed by atoms with E-state index in [0.717, 1.165) is 36.4 Å². The Kier molecular flexibility index (Phi) is 3.12. The number of nitriles is 1. The van der Waals surface area contributed by atoms with Gasteiger partial charge < -0.3 is 10.1 Å². The zero-order valence-corrected chi connectivity index (χ0v) is 9.71. The number of nitrogens with one attached hydrogen (secondary N) is 1. The lowest BCUT2D eigenvalue weighted by Gasteiger charge is -2.17. The highest BCUT2D eigenvalue weighted by atomic mass is 16.5. The molecule has 0 aromatic heterocycles. The molecule has 1 heterocycles. The molecule has 2 rings (SSSR count). The number of aryl methyl sites for hydroxylation is 2. The first-order valence-corrected chi connectivity index (χ1v) is 5.59. The van der Waals surface area contributed by atoms with E-state index in [1.807, 2.05) is 26.0 Å². The van der Waals surface area contributed by atoms with Crippen molar-refractivity contribution < 1.29 is 4.74 Å². The fourth-order valence-corrected chi connectivity index (χ4v) is 2.10. The van der Waals surface area contributed by atoms with Gasteiger partial charge >= 0.3 is 0 Å². The highest BCUT2D eigenvalue weighted by Crippen LogP contribution is 2.26. The second-order valence-corrected chi connectivity index (χ2v) is 4.28. The monoisotopic (exact) mass is 216 g/mol. The standard InChI is InChI=1S/C13H16N2O/c1-9-5-11(7-14)6-10(2)13(9)16-12-3-4-15-8-12/h5-6,12,15H,3-4,8H2,1-2H3/t12-/m0/s1. The summed E-state index contributed by atoms with van der Waals surface area (Å²) in [6.45, 7) is 5.93. The van der Waals surface area contributed by atoms with Crippen molar-refractivity contribution in [3.63, 3.8) is 0 Å². The molecule has 3 nitrogen and oxygen atoms in total. The van der Waals surface area contributed by atoms with Crippen LogP contribution in [0.4, 0.5) is 0 Å².